The summed E-state index contributed by atoms with van der Waals surface area (Å²) in [7, 11) is 0. The number of hydrogen-bond donors (Lipinski definition) is 3. The van der Waals surface area contributed by atoms with E-state index < -0.39 is 18.0 Å². The van der Waals surface area contributed by atoms with E-state index >= 15 is 0 Å². The van der Waals surface area contributed by atoms with E-state index in [1.165, 1.54) is 27.6 Å². The minimum atomic E-state index is -0.556. The van der Waals surface area contributed by atoms with Crippen LogP contribution in [0.4, 0.5) is 14.9 Å². The maximum Gasteiger partial charge on any atom is 0.414 e. The van der Waals surface area contributed by atoms with Crippen LogP contribution in [0.15, 0.2) is 54.6 Å². The number of thiol groups is 1. The summed E-state index contributed by atoms with van der Waals surface area (Å²) in [6, 6.07) is 16.5. The molecular formula is C25H26FN3O3S2. The molecule has 2 atom stereocenters. The molecular weight excluding hydrogens is 473 g/mol. The normalized spacial score (nSPS) is 16.4. The zero-order valence-corrected chi connectivity index (χ0v) is 20.6. The van der Waals surface area contributed by atoms with E-state index in [1.807, 2.05) is 24.3 Å². The topological polar surface area (TPSA) is 70.7 Å². The Morgan fingerprint density at radius 2 is 2.00 bits per heavy atom. The van der Waals surface area contributed by atoms with Crippen molar-refractivity contribution in [2.24, 2.45) is 0 Å². The van der Waals surface area contributed by atoms with Gasteiger partial charge in [-0.1, -0.05) is 24.3 Å². The fourth-order valence-electron chi connectivity index (χ4n) is 3.72. The van der Waals surface area contributed by atoms with Gasteiger partial charge in [0.05, 0.1) is 24.2 Å². The molecule has 0 spiro atoms. The second kappa shape index (κ2) is 10.6. The Bertz CT molecular complexity index is 1180. The molecule has 1 fully saturated rings. The Kier molecular flexibility index (Phi) is 7.55. The molecule has 3 aromatic rings. The minimum absolute atomic E-state index is 0.0431. The lowest BCUT2D eigenvalue weighted by Gasteiger charge is -2.15. The van der Waals surface area contributed by atoms with Crippen molar-refractivity contribution < 1.29 is 18.7 Å². The van der Waals surface area contributed by atoms with Crippen LogP contribution in [0, 0.1) is 12.7 Å². The number of cyclic esters (lactones) is 1. The number of rotatable bonds is 8. The zero-order chi connectivity index (χ0) is 24.2. The first-order valence-corrected chi connectivity index (χ1v) is 12.2. The molecule has 2 amide bonds. The van der Waals surface area contributed by atoms with Gasteiger partial charge in [0.2, 0.25) is 5.91 Å². The van der Waals surface area contributed by atoms with Crippen LogP contribution in [0.1, 0.15) is 27.6 Å². The smallest absolute Gasteiger partial charge is 0.414 e. The van der Waals surface area contributed by atoms with E-state index in [-0.39, 0.29) is 24.4 Å². The quantitative estimate of drug-likeness (QED) is 0.300. The zero-order valence-electron chi connectivity index (χ0n) is 18.9. The van der Waals surface area contributed by atoms with E-state index in [9.17, 15) is 14.0 Å². The summed E-state index contributed by atoms with van der Waals surface area (Å²) in [6.07, 6.45) is -1.03. The van der Waals surface area contributed by atoms with Gasteiger partial charge in [-0.25, -0.2) is 9.18 Å². The predicted octanol–water partition coefficient (Wildman–Crippen LogP) is 5.04. The Labute approximate surface area is 207 Å². The van der Waals surface area contributed by atoms with Gasteiger partial charge in [-0.05, 0) is 48.4 Å². The van der Waals surface area contributed by atoms with Gasteiger partial charge in [-0.15, -0.1) is 11.3 Å². The van der Waals surface area contributed by atoms with E-state index in [0.717, 1.165) is 11.1 Å². The molecule has 6 nitrogen and oxygen atoms in total. The Morgan fingerprint density at radius 1 is 1.24 bits per heavy atom. The molecule has 2 aromatic carbocycles. The molecule has 0 saturated carbocycles. The first kappa shape index (κ1) is 24.3. The molecule has 4 rings (SSSR count). The maximum absolute atomic E-state index is 15.0. The van der Waals surface area contributed by atoms with Crippen LogP contribution in [-0.2, 0) is 16.1 Å². The maximum atomic E-state index is 15.0. The first-order chi connectivity index (χ1) is 16.3. The number of amides is 2. The van der Waals surface area contributed by atoms with Crippen LogP contribution in [0.3, 0.4) is 0 Å². The first-order valence-electron chi connectivity index (χ1n) is 10.9. The minimum Gasteiger partial charge on any atom is -0.442 e. The van der Waals surface area contributed by atoms with Crippen molar-refractivity contribution in [1.82, 2.24) is 10.6 Å². The summed E-state index contributed by atoms with van der Waals surface area (Å²) in [6.45, 7) is 4.58. The molecule has 1 aromatic heterocycles. The molecule has 9 heteroatoms. The van der Waals surface area contributed by atoms with Gasteiger partial charge in [-0.2, -0.15) is 12.6 Å². The molecule has 178 valence electrons. The summed E-state index contributed by atoms with van der Waals surface area (Å²) < 4.78 is 20.2. The molecule has 1 aliphatic rings. The van der Waals surface area contributed by atoms with Crippen molar-refractivity contribution in [2.75, 3.05) is 18.0 Å². The molecule has 0 aliphatic carbocycles. The number of nitrogens with one attached hydrogen (secondary N) is 2. The number of benzene rings is 2. The van der Waals surface area contributed by atoms with Crippen molar-refractivity contribution >= 4 is 41.7 Å². The molecule has 0 bridgehead atoms. The second-order valence-corrected chi connectivity index (χ2v) is 9.98. The molecule has 34 heavy (non-hydrogen) atoms. The van der Waals surface area contributed by atoms with Crippen molar-refractivity contribution in [3.05, 3.63) is 75.7 Å². The summed E-state index contributed by atoms with van der Waals surface area (Å²) >= 11 is 6.34. The van der Waals surface area contributed by atoms with Gasteiger partial charge in [0.15, 0.2) is 0 Å². The number of halogens is 1. The average molecular weight is 500 g/mol. The van der Waals surface area contributed by atoms with Crippen molar-refractivity contribution in [1.29, 1.82) is 0 Å². The number of ether oxygens (including phenoxy) is 1. The Hall–Kier alpha value is -2.88. The summed E-state index contributed by atoms with van der Waals surface area (Å²) in [5.41, 5.74) is 2.68. The van der Waals surface area contributed by atoms with E-state index in [2.05, 4.69) is 42.3 Å². The van der Waals surface area contributed by atoms with Gasteiger partial charge in [0.25, 0.3) is 0 Å². The highest BCUT2D eigenvalue weighted by atomic mass is 32.1. The monoisotopic (exact) mass is 499 g/mol. The Balaban J connectivity index is 1.39. The molecule has 1 aliphatic heterocycles. The molecule has 2 heterocycles. The van der Waals surface area contributed by atoms with Crippen LogP contribution in [0.2, 0.25) is 0 Å². The highest BCUT2D eigenvalue weighted by Gasteiger charge is 2.32. The molecule has 1 saturated heterocycles. The second-order valence-electron chi connectivity index (χ2n) is 8.15. The van der Waals surface area contributed by atoms with Crippen LogP contribution < -0.4 is 15.5 Å². The molecule has 1 unspecified atom stereocenters. The predicted molar refractivity (Wildman–Crippen MR) is 136 cm³/mol. The van der Waals surface area contributed by atoms with E-state index in [0.29, 0.717) is 17.8 Å². The van der Waals surface area contributed by atoms with Gasteiger partial charge >= 0.3 is 6.09 Å². The van der Waals surface area contributed by atoms with Crippen molar-refractivity contribution in [3.8, 4) is 11.1 Å². The number of nitrogens with zero attached hydrogens (tertiary/aromatic N) is 1. The fraction of sp³-hybridized carbons (Fsp3) is 0.280. The lowest BCUT2D eigenvalue weighted by atomic mass is 10.0. The summed E-state index contributed by atoms with van der Waals surface area (Å²) in [5.74, 6) is -0.625. The van der Waals surface area contributed by atoms with Crippen molar-refractivity contribution in [2.45, 2.75) is 31.9 Å². The average Bonchev–Trinajstić information content (AvgIpc) is 3.42. The lowest BCUT2D eigenvalue weighted by molar-refractivity contribution is -0.119. The third-order valence-electron chi connectivity index (χ3n) is 5.51. The number of thiophene rings is 1. The molecule has 0 radical (unpaired) electrons. The van der Waals surface area contributed by atoms with Crippen LogP contribution in [0.5, 0.6) is 0 Å². The number of anilines is 1. The van der Waals surface area contributed by atoms with Crippen molar-refractivity contribution in [3.63, 3.8) is 0 Å². The van der Waals surface area contributed by atoms with Gasteiger partial charge < -0.3 is 10.1 Å². The SMILES string of the molecule is CC(=O)NC[C@H]1CN(c2ccc(-c3ccc(CNC(S)c4ccc(C)s4)cc3)c(F)c2)C(=O)O1. The Morgan fingerprint density at radius 3 is 2.65 bits per heavy atom. The third kappa shape index (κ3) is 5.78. The largest absolute Gasteiger partial charge is 0.442 e. The summed E-state index contributed by atoms with van der Waals surface area (Å²) in [5, 5.41) is 5.97. The number of carbonyl (C=O) groups is 2. The van der Waals surface area contributed by atoms with Crippen LogP contribution >= 0.6 is 24.0 Å². The van der Waals surface area contributed by atoms with Crippen LogP contribution in [0.25, 0.3) is 11.1 Å². The number of aryl methyl sites for hydroxylation is 1. The van der Waals surface area contributed by atoms with Gasteiger partial charge in [0.1, 0.15) is 11.9 Å². The highest BCUT2D eigenvalue weighted by molar-refractivity contribution is 7.80. The summed E-state index contributed by atoms with van der Waals surface area (Å²) in [4.78, 5) is 27.1. The third-order valence-corrected chi connectivity index (χ3v) is 7.21. The number of hydrogen-bond acceptors (Lipinski definition) is 6. The highest BCUT2D eigenvalue weighted by Crippen LogP contribution is 2.30. The van der Waals surface area contributed by atoms with Gasteiger partial charge in [0, 0.05) is 28.8 Å². The van der Waals surface area contributed by atoms with Crippen LogP contribution in [-0.4, -0.2) is 31.2 Å². The van der Waals surface area contributed by atoms with Gasteiger partial charge in [-0.3, -0.25) is 15.0 Å². The fourth-order valence-corrected chi connectivity index (χ4v) is 4.89. The molecule has 2 N–H and O–H groups in total. The van der Waals surface area contributed by atoms with E-state index in [4.69, 9.17) is 4.74 Å². The standard InChI is InChI=1S/C25H26FN3O3S2/c1-15-3-10-23(34-15)24(33)28-12-17-4-6-18(7-5-17)21-9-8-19(11-22(21)26)29-14-20(32-25(29)31)13-27-16(2)30/h3-11,20,24,28,33H,12-14H2,1-2H3,(H,27,30)/t20-,24?/m0/s1. The lowest BCUT2D eigenvalue weighted by Crippen LogP contribution is -2.33. The van der Waals surface area contributed by atoms with E-state index in [1.54, 1.807) is 23.5 Å². The number of carbonyl (C=O) groups excluding carboxylic acids is 2.